The standard InChI is InChI=1S/C18H16N2O3/c1-12(2)23-18(22)20-17(21)16(11-19)10-13-7-8-14-5-3-4-6-15(14)9-13/h3-10,12H,1-2H3,(H,20,21,22)/b16-10+. The lowest BCUT2D eigenvalue weighted by molar-refractivity contribution is -0.116. The number of rotatable bonds is 3. The fourth-order valence-electron chi connectivity index (χ4n) is 2.02. The van der Waals surface area contributed by atoms with E-state index in [1.54, 1.807) is 26.0 Å². The zero-order chi connectivity index (χ0) is 16.8. The third-order valence-corrected chi connectivity index (χ3v) is 3.01. The predicted molar refractivity (Wildman–Crippen MR) is 87.3 cm³/mol. The Balaban J connectivity index is 2.21. The largest absolute Gasteiger partial charge is 0.447 e. The first-order valence-corrected chi connectivity index (χ1v) is 7.12. The zero-order valence-corrected chi connectivity index (χ0v) is 12.9. The van der Waals surface area contributed by atoms with Gasteiger partial charge in [0.2, 0.25) is 0 Å². The highest BCUT2D eigenvalue weighted by molar-refractivity contribution is 6.08. The summed E-state index contributed by atoms with van der Waals surface area (Å²) in [5.41, 5.74) is 0.536. The van der Waals surface area contributed by atoms with Gasteiger partial charge in [0, 0.05) is 0 Å². The second-order valence-corrected chi connectivity index (χ2v) is 5.18. The van der Waals surface area contributed by atoms with Crippen LogP contribution in [0.3, 0.4) is 0 Å². The van der Waals surface area contributed by atoms with Crippen molar-refractivity contribution in [2.45, 2.75) is 20.0 Å². The van der Waals surface area contributed by atoms with Crippen molar-refractivity contribution in [3.63, 3.8) is 0 Å². The quantitative estimate of drug-likeness (QED) is 0.696. The van der Waals surface area contributed by atoms with Crippen LogP contribution in [0.2, 0.25) is 0 Å². The molecule has 0 aliphatic heterocycles. The highest BCUT2D eigenvalue weighted by Gasteiger charge is 2.14. The SMILES string of the molecule is CC(C)OC(=O)NC(=O)/C(C#N)=C/c1ccc2ccccc2c1. The molecule has 0 saturated carbocycles. The van der Waals surface area contributed by atoms with Gasteiger partial charge in [-0.1, -0.05) is 36.4 Å². The molecule has 0 saturated heterocycles. The van der Waals surface area contributed by atoms with Gasteiger partial charge in [0.05, 0.1) is 6.10 Å². The smallest absolute Gasteiger partial charge is 0.414 e. The third-order valence-electron chi connectivity index (χ3n) is 3.01. The summed E-state index contributed by atoms with van der Waals surface area (Å²) in [6.07, 6.45) is 0.215. The number of alkyl carbamates (subject to hydrolysis) is 1. The lowest BCUT2D eigenvalue weighted by Gasteiger charge is -2.08. The fourth-order valence-corrected chi connectivity index (χ4v) is 2.02. The Kier molecular flexibility index (Phi) is 5.11. The summed E-state index contributed by atoms with van der Waals surface area (Å²) in [4.78, 5) is 23.4. The average Bonchev–Trinajstić information content (AvgIpc) is 2.51. The van der Waals surface area contributed by atoms with Gasteiger partial charge in [-0.2, -0.15) is 5.26 Å². The van der Waals surface area contributed by atoms with Crippen molar-refractivity contribution < 1.29 is 14.3 Å². The van der Waals surface area contributed by atoms with Crippen LogP contribution in [0.15, 0.2) is 48.0 Å². The Hall–Kier alpha value is -3.13. The molecule has 5 heteroatoms. The molecule has 0 heterocycles. The number of amides is 2. The lowest BCUT2D eigenvalue weighted by Crippen LogP contribution is -2.33. The molecule has 1 N–H and O–H groups in total. The molecule has 23 heavy (non-hydrogen) atoms. The summed E-state index contributed by atoms with van der Waals surface area (Å²) >= 11 is 0. The van der Waals surface area contributed by atoms with Crippen LogP contribution < -0.4 is 5.32 Å². The number of carbonyl (C=O) groups is 2. The third kappa shape index (κ3) is 4.42. The van der Waals surface area contributed by atoms with Crippen LogP contribution in [0.25, 0.3) is 16.8 Å². The number of fused-ring (bicyclic) bond motifs is 1. The van der Waals surface area contributed by atoms with Crippen molar-refractivity contribution in [1.82, 2.24) is 5.32 Å². The maximum absolute atomic E-state index is 11.9. The predicted octanol–water partition coefficient (Wildman–Crippen LogP) is 3.41. The van der Waals surface area contributed by atoms with Crippen LogP contribution in [0, 0.1) is 11.3 Å². The molecule has 2 aromatic rings. The van der Waals surface area contributed by atoms with E-state index >= 15 is 0 Å². The van der Waals surface area contributed by atoms with Crippen molar-refractivity contribution in [3.05, 3.63) is 53.6 Å². The minimum atomic E-state index is -0.871. The number of hydrogen-bond acceptors (Lipinski definition) is 4. The van der Waals surface area contributed by atoms with E-state index in [1.807, 2.05) is 41.7 Å². The van der Waals surface area contributed by atoms with E-state index in [9.17, 15) is 9.59 Å². The summed E-state index contributed by atoms with van der Waals surface area (Å²) in [5.74, 6) is -0.786. The van der Waals surface area contributed by atoms with E-state index in [1.165, 1.54) is 6.08 Å². The van der Waals surface area contributed by atoms with Crippen LogP contribution >= 0.6 is 0 Å². The van der Waals surface area contributed by atoms with Crippen LogP contribution in [0.1, 0.15) is 19.4 Å². The number of carbonyl (C=O) groups excluding carboxylic acids is 2. The van der Waals surface area contributed by atoms with Gasteiger partial charge in [-0.25, -0.2) is 4.79 Å². The average molecular weight is 308 g/mol. The van der Waals surface area contributed by atoms with Gasteiger partial charge in [0.25, 0.3) is 5.91 Å². The highest BCUT2D eigenvalue weighted by atomic mass is 16.6. The molecule has 2 amide bonds. The Morgan fingerprint density at radius 3 is 2.52 bits per heavy atom. The van der Waals surface area contributed by atoms with Crippen molar-refractivity contribution in [3.8, 4) is 6.07 Å². The molecule has 0 fully saturated rings. The van der Waals surface area contributed by atoms with Gasteiger partial charge >= 0.3 is 6.09 Å². The minimum Gasteiger partial charge on any atom is -0.447 e. The molecular formula is C18H16N2O3. The molecule has 0 bridgehead atoms. The Morgan fingerprint density at radius 1 is 1.17 bits per heavy atom. The van der Waals surface area contributed by atoms with Gasteiger partial charge in [0.1, 0.15) is 11.6 Å². The Morgan fingerprint density at radius 2 is 1.87 bits per heavy atom. The molecule has 2 rings (SSSR count). The maximum atomic E-state index is 11.9. The molecule has 0 radical (unpaired) electrons. The molecule has 0 atom stereocenters. The first kappa shape index (κ1) is 16.2. The zero-order valence-electron chi connectivity index (χ0n) is 12.9. The molecule has 0 spiro atoms. The van der Waals surface area contributed by atoms with Crippen molar-refractivity contribution in [1.29, 1.82) is 5.26 Å². The van der Waals surface area contributed by atoms with Gasteiger partial charge in [0.15, 0.2) is 0 Å². The van der Waals surface area contributed by atoms with E-state index in [-0.39, 0.29) is 11.7 Å². The molecule has 5 nitrogen and oxygen atoms in total. The van der Waals surface area contributed by atoms with Gasteiger partial charge in [-0.05, 0) is 42.3 Å². The lowest BCUT2D eigenvalue weighted by atomic mass is 10.1. The summed E-state index contributed by atoms with van der Waals surface area (Å²) in [6, 6.07) is 15.1. The Labute approximate surface area is 134 Å². The molecular weight excluding hydrogens is 292 g/mol. The number of ether oxygens (including phenoxy) is 1. The fraction of sp³-hybridized carbons (Fsp3) is 0.167. The number of nitrogens with one attached hydrogen (secondary N) is 1. The molecule has 0 unspecified atom stereocenters. The molecule has 0 aromatic heterocycles. The van der Waals surface area contributed by atoms with Gasteiger partial charge < -0.3 is 4.74 Å². The van der Waals surface area contributed by atoms with Crippen molar-refractivity contribution in [2.24, 2.45) is 0 Å². The topological polar surface area (TPSA) is 79.2 Å². The summed E-state index contributed by atoms with van der Waals surface area (Å²) < 4.78 is 4.82. The number of nitriles is 1. The van der Waals surface area contributed by atoms with E-state index in [0.717, 1.165) is 10.8 Å². The molecule has 116 valence electrons. The van der Waals surface area contributed by atoms with Gasteiger partial charge in [-0.3, -0.25) is 10.1 Å². The second-order valence-electron chi connectivity index (χ2n) is 5.18. The monoisotopic (exact) mass is 308 g/mol. The van der Waals surface area contributed by atoms with Crippen molar-refractivity contribution >= 4 is 28.8 Å². The maximum Gasteiger partial charge on any atom is 0.414 e. The van der Waals surface area contributed by atoms with Crippen LogP contribution in [0.4, 0.5) is 4.79 Å². The summed E-state index contributed by atoms with van der Waals surface area (Å²) in [7, 11) is 0. The normalized spacial score (nSPS) is 11.1. The van der Waals surface area contributed by atoms with Crippen LogP contribution in [-0.2, 0) is 9.53 Å². The van der Waals surface area contributed by atoms with E-state index < -0.39 is 12.0 Å². The first-order valence-electron chi connectivity index (χ1n) is 7.12. The second kappa shape index (κ2) is 7.23. The number of hydrogen-bond donors (Lipinski definition) is 1. The van der Waals surface area contributed by atoms with Crippen LogP contribution in [0.5, 0.6) is 0 Å². The molecule has 0 aliphatic rings. The van der Waals surface area contributed by atoms with E-state index in [0.29, 0.717) is 5.56 Å². The van der Waals surface area contributed by atoms with Gasteiger partial charge in [-0.15, -0.1) is 0 Å². The Bertz CT molecular complexity index is 816. The molecule has 2 aromatic carbocycles. The first-order chi connectivity index (χ1) is 11.0. The molecule has 0 aliphatic carbocycles. The number of nitrogens with zero attached hydrogens (tertiary/aromatic N) is 1. The highest BCUT2D eigenvalue weighted by Crippen LogP contribution is 2.17. The summed E-state index contributed by atoms with van der Waals surface area (Å²) in [5, 5.41) is 13.2. The summed E-state index contributed by atoms with van der Waals surface area (Å²) in [6.45, 7) is 3.33. The number of imide groups is 1. The van der Waals surface area contributed by atoms with E-state index in [4.69, 9.17) is 10.00 Å². The van der Waals surface area contributed by atoms with E-state index in [2.05, 4.69) is 0 Å². The number of benzene rings is 2. The van der Waals surface area contributed by atoms with Crippen LogP contribution in [-0.4, -0.2) is 18.1 Å². The minimum absolute atomic E-state index is 0.166. The van der Waals surface area contributed by atoms with Crippen molar-refractivity contribution in [2.75, 3.05) is 0 Å².